The lowest BCUT2D eigenvalue weighted by atomic mass is 9.98. The van der Waals surface area contributed by atoms with Crippen LogP contribution in [0.1, 0.15) is 33.1 Å². The maximum atomic E-state index is 10.2. The van der Waals surface area contributed by atoms with Gasteiger partial charge in [0.1, 0.15) is 0 Å². The molecule has 2 atom stereocenters. The van der Waals surface area contributed by atoms with Crippen molar-refractivity contribution >= 4 is 5.97 Å². The highest BCUT2D eigenvalue weighted by atomic mass is 16.4. The first-order valence-corrected chi connectivity index (χ1v) is 4.03. The van der Waals surface area contributed by atoms with Gasteiger partial charge >= 0.3 is 5.97 Å². The second-order valence-corrected chi connectivity index (χ2v) is 3.11. The molecule has 0 aromatic carbocycles. The van der Waals surface area contributed by atoms with Gasteiger partial charge in [0.25, 0.3) is 0 Å². The van der Waals surface area contributed by atoms with Crippen molar-refractivity contribution in [2.75, 3.05) is 0 Å². The molecule has 0 spiro atoms. The SMILES string of the molecule is CC[C@@H](C)C[C@@H](N)CC(=O)O. The molecule has 3 N–H and O–H groups in total. The molecule has 0 unspecified atom stereocenters. The minimum atomic E-state index is -0.805. The van der Waals surface area contributed by atoms with E-state index in [1.807, 2.05) is 0 Å². The van der Waals surface area contributed by atoms with Crippen molar-refractivity contribution in [1.29, 1.82) is 0 Å². The van der Waals surface area contributed by atoms with Gasteiger partial charge in [0.2, 0.25) is 0 Å². The summed E-state index contributed by atoms with van der Waals surface area (Å²) < 4.78 is 0. The number of aliphatic carboxylic acids is 1. The van der Waals surface area contributed by atoms with E-state index in [1.165, 1.54) is 0 Å². The van der Waals surface area contributed by atoms with Crippen LogP contribution in [-0.4, -0.2) is 17.1 Å². The van der Waals surface area contributed by atoms with Gasteiger partial charge in [-0.2, -0.15) is 0 Å². The number of hydrogen-bond acceptors (Lipinski definition) is 2. The molecule has 0 aromatic heterocycles. The zero-order chi connectivity index (χ0) is 8.85. The molecule has 0 heterocycles. The molecule has 0 amide bonds. The fraction of sp³-hybridized carbons (Fsp3) is 0.875. The van der Waals surface area contributed by atoms with Crippen molar-refractivity contribution < 1.29 is 9.90 Å². The zero-order valence-corrected chi connectivity index (χ0v) is 7.21. The highest BCUT2D eigenvalue weighted by molar-refractivity contribution is 5.67. The van der Waals surface area contributed by atoms with E-state index in [4.69, 9.17) is 10.8 Å². The monoisotopic (exact) mass is 159 g/mol. The van der Waals surface area contributed by atoms with E-state index >= 15 is 0 Å². The van der Waals surface area contributed by atoms with Gasteiger partial charge in [-0.05, 0) is 12.3 Å². The number of carboxylic acid groups (broad SMARTS) is 1. The van der Waals surface area contributed by atoms with E-state index in [-0.39, 0.29) is 12.5 Å². The zero-order valence-electron chi connectivity index (χ0n) is 7.21. The van der Waals surface area contributed by atoms with Gasteiger partial charge in [-0.15, -0.1) is 0 Å². The first kappa shape index (κ1) is 10.4. The first-order valence-electron chi connectivity index (χ1n) is 4.03. The van der Waals surface area contributed by atoms with Gasteiger partial charge < -0.3 is 10.8 Å². The Morgan fingerprint density at radius 3 is 2.55 bits per heavy atom. The van der Waals surface area contributed by atoms with Crippen LogP contribution in [0.5, 0.6) is 0 Å². The standard InChI is InChI=1S/C8H17NO2/c1-3-6(2)4-7(9)5-8(10)11/h6-7H,3-5,9H2,1-2H3,(H,10,11)/t6-,7-/m1/s1. The maximum Gasteiger partial charge on any atom is 0.304 e. The topological polar surface area (TPSA) is 63.3 Å². The molecule has 0 aliphatic rings. The van der Waals surface area contributed by atoms with Crippen LogP contribution >= 0.6 is 0 Å². The summed E-state index contributed by atoms with van der Waals surface area (Å²) in [5.41, 5.74) is 5.57. The third-order valence-corrected chi connectivity index (χ3v) is 1.84. The molecule has 0 bridgehead atoms. The van der Waals surface area contributed by atoms with E-state index in [9.17, 15) is 4.79 Å². The van der Waals surface area contributed by atoms with Crippen LogP contribution in [0.2, 0.25) is 0 Å². The number of carboxylic acids is 1. The Hall–Kier alpha value is -0.570. The molecule has 11 heavy (non-hydrogen) atoms. The molecule has 0 radical (unpaired) electrons. The lowest BCUT2D eigenvalue weighted by Crippen LogP contribution is -2.25. The van der Waals surface area contributed by atoms with Gasteiger partial charge in [-0.25, -0.2) is 0 Å². The molecule has 0 fully saturated rings. The summed E-state index contributed by atoms with van der Waals surface area (Å²) in [6.45, 7) is 4.17. The summed E-state index contributed by atoms with van der Waals surface area (Å²) in [5.74, 6) is -0.273. The van der Waals surface area contributed by atoms with Gasteiger partial charge in [0.15, 0.2) is 0 Å². The fourth-order valence-corrected chi connectivity index (χ4v) is 0.991. The largest absolute Gasteiger partial charge is 0.481 e. The fourth-order valence-electron chi connectivity index (χ4n) is 0.991. The predicted octanol–water partition coefficient (Wildman–Crippen LogP) is 1.22. The van der Waals surface area contributed by atoms with Crippen molar-refractivity contribution in [3.63, 3.8) is 0 Å². The minimum absolute atomic E-state index is 0.0876. The third-order valence-electron chi connectivity index (χ3n) is 1.84. The Morgan fingerprint density at radius 2 is 2.18 bits per heavy atom. The lowest BCUT2D eigenvalue weighted by Gasteiger charge is -2.13. The van der Waals surface area contributed by atoms with Crippen LogP contribution in [0.3, 0.4) is 0 Å². The maximum absolute atomic E-state index is 10.2. The highest BCUT2D eigenvalue weighted by Gasteiger charge is 2.10. The Balaban J connectivity index is 3.51. The van der Waals surface area contributed by atoms with Crippen LogP contribution in [0.4, 0.5) is 0 Å². The van der Waals surface area contributed by atoms with E-state index < -0.39 is 5.97 Å². The number of hydrogen-bond donors (Lipinski definition) is 2. The average Bonchev–Trinajstić information content (AvgIpc) is 1.85. The smallest absolute Gasteiger partial charge is 0.304 e. The van der Waals surface area contributed by atoms with Crippen molar-refractivity contribution in [2.45, 2.75) is 39.2 Å². The molecule has 3 heteroatoms. The van der Waals surface area contributed by atoms with Crippen LogP contribution < -0.4 is 5.73 Å². The Kier molecular flexibility index (Phi) is 4.86. The summed E-state index contributed by atoms with van der Waals surface area (Å²) in [6, 6.07) is -0.178. The summed E-state index contributed by atoms with van der Waals surface area (Å²) in [4.78, 5) is 10.2. The van der Waals surface area contributed by atoms with Crippen LogP contribution in [0, 0.1) is 5.92 Å². The molecule has 66 valence electrons. The molecule has 0 aliphatic carbocycles. The van der Waals surface area contributed by atoms with Crippen LogP contribution in [0.15, 0.2) is 0 Å². The van der Waals surface area contributed by atoms with Gasteiger partial charge in [0.05, 0.1) is 6.42 Å². The molecule has 0 saturated heterocycles. The molecule has 0 rings (SSSR count). The highest BCUT2D eigenvalue weighted by Crippen LogP contribution is 2.09. The van der Waals surface area contributed by atoms with E-state index in [0.29, 0.717) is 5.92 Å². The van der Waals surface area contributed by atoms with Crippen LogP contribution in [0.25, 0.3) is 0 Å². The molecule has 0 aromatic rings. The van der Waals surface area contributed by atoms with Crippen molar-refractivity contribution in [3.05, 3.63) is 0 Å². The second-order valence-electron chi connectivity index (χ2n) is 3.11. The summed E-state index contributed by atoms with van der Waals surface area (Å²) in [5, 5.41) is 8.39. The minimum Gasteiger partial charge on any atom is -0.481 e. The van der Waals surface area contributed by atoms with Gasteiger partial charge in [-0.1, -0.05) is 20.3 Å². The van der Waals surface area contributed by atoms with Crippen molar-refractivity contribution in [3.8, 4) is 0 Å². The number of rotatable bonds is 5. The Bertz CT molecular complexity index is 125. The van der Waals surface area contributed by atoms with Crippen molar-refractivity contribution in [1.82, 2.24) is 0 Å². The first-order chi connectivity index (χ1) is 5.06. The molecule has 3 nitrogen and oxygen atoms in total. The summed E-state index contributed by atoms with van der Waals surface area (Å²) in [6.07, 6.45) is 1.96. The quantitative estimate of drug-likeness (QED) is 0.634. The van der Waals surface area contributed by atoms with Crippen LogP contribution in [-0.2, 0) is 4.79 Å². The van der Waals surface area contributed by atoms with E-state index in [0.717, 1.165) is 12.8 Å². The molecular formula is C8H17NO2. The predicted molar refractivity (Wildman–Crippen MR) is 44.3 cm³/mol. The number of nitrogens with two attached hydrogens (primary N) is 1. The third kappa shape index (κ3) is 5.85. The summed E-state index contributed by atoms with van der Waals surface area (Å²) in [7, 11) is 0. The van der Waals surface area contributed by atoms with Gasteiger partial charge in [0, 0.05) is 6.04 Å². The normalized spacial score (nSPS) is 15.9. The van der Waals surface area contributed by atoms with Crippen molar-refractivity contribution in [2.24, 2.45) is 11.7 Å². The average molecular weight is 159 g/mol. The Labute approximate surface area is 67.6 Å². The Morgan fingerprint density at radius 1 is 1.64 bits per heavy atom. The lowest BCUT2D eigenvalue weighted by molar-refractivity contribution is -0.137. The second kappa shape index (κ2) is 5.13. The molecule has 0 saturated carbocycles. The van der Waals surface area contributed by atoms with Gasteiger partial charge in [-0.3, -0.25) is 4.79 Å². The molecular weight excluding hydrogens is 142 g/mol. The molecule has 0 aliphatic heterocycles. The summed E-state index contributed by atoms with van der Waals surface area (Å²) >= 11 is 0. The van der Waals surface area contributed by atoms with E-state index in [1.54, 1.807) is 0 Å². The number of carbonyl (C=O) groups is 1. The van der Waals surface area contributed by atoms with E-state index in [2.05, 4.69) is 13.8 Å².